The molecule has 2 aliphatic rings. The quantitative estimate of drug-likeness (QED) is 0.445. The topological polar surface area (TPSA) is 87.9 Å². The minimum absolute atomic E-state index is 0.0821. The zero-order chi connectivity index (χ0) is 27.6. The lowest BCUT2D eigenvalue weighted by Crippen LogP contribution is -2.47. The number of likely N-dealkylation sites (tertiary alicyclic amines) is 1. The van der Waals surface area contributed by atoms with Gasteiger partial charge in [-0.25, -0.2) is 19.7 Å². The molecule has 2 saturated heterocycles. The highest BCUT2D eigenvalue weighted by atomic mass is 16.6. The number of rotatable bonds is 4. The van der Waals surface area contributed by atoms with Crippen LogP contribution < -0.4 is 10.2 Å². The van der Waals surface area contributed by atoms with E-state index < -0.39 is 5.60 Å². The minimum atomic E-state index is -0.510. The number of nitrogens with one attached hydrogen (secondary N) is 1. The normalized spacial score (nSPS) is 20.9. The van der Waals surface area contributed by atoms with Gasteiger partial charge in [-0.2, -0.15) is 0 Å². The molecule has 2 atom stereocenters. The second kappa shape index (κ2) is 11.4. The number of anilines is 2. The molecular weight excluding hydrogens is 490 g/mol. The Morgan fingerprint density at radius 3 is 2.72 bits per heavy atom. The molecule has 0 spiro atoms. The Morgan fingerprint density at radius 2 is 1.90 bits per heavy atom. The molecule has 9 nitrogen and oxygen atoms in total. The van der Waals surface area contributed by atoms with Crippen molar-refractivity contribution in [2.45, 2.75) is 84.8 Å². The molecule has 1 N–H and O–H groups in total. The molecule has 2 fully saturated rings. The maximum Gasteiger partial charge on any atom is 0.410 e. The van der Waals surface area contributed by atoms with E-state index in [2.05, 4.69) is 51.8 Å². The number of fused-ring (bicyclic) bond motifs is 1. The summed E-state index contributed by atoms with van der Waals surface area (Å²) in [5.41, 5.74) is 2.39. The number of carbonyl (C=O) groups is 1. The lowest BCUT2D eigenvalue weighted by Gasteiger charge is -2.35. The molecule has 0 radical (unpaired) electrons. The minimum Gasteiger partial charge on any atom is -0.444 e. The van der Waals surface area contributed by atoms with Gasteiger partial charge in [0.2, 0.25) is 0 Å². The molecule has 1 amide bonds. The zero-order valence-electron chi connectivity index (χ0n) is 24.1. The first-order valence-corrected chi connectivity index (χ1v) is 14.5. The number of pyridine rings is 1. The monoisotopic (exact) mass is 533 g/mol. The molecule has 39 heavy (non-hydrogen) atoms. The largest absolute Gasteiger partial charge is 0.444 e. The molecule has 3 aromatic heterocycles. The van der Waals surface area contributed by atoms with Crippen LogP contribution in [0.3, 0.4) is 0 Å². The van der Waals surface area contributed by atoms with Crippen molar-refractivity contribution in [1.29, 1.82) is 0 Å². The maximum absolute atomic E-state index is 12.8. The molecular formula is C30H43N7O2. The van der Waals surface area contributed by atoms with E-state index in [0.717, 1.165) is 73.2 Å². The fraction of sp³-hybridized carbons (Fsp3) is 0.600. The molecule has 0 bridgehead atoms. The predicted octanol–water partition coefficient (Wildman–Crippen LogP) is 5.93. The predicted molar refractivity (Wildman–Crippen MR) is 155 cm³/mol. The smallest absolute Gasteiger partial charge is 0.410 e. The summed E-state index contributed by atoms with van der Waals surface area (Å²) in [6, 6.07) is 6.25. The average Bonchev–Trinajstić information content (AvgIpc) is 3.28. The number of ether oxygens (including phenoxy) is 1. The molecule has 0 aliphatic carbocycles. The Hall–Kier alpha value is -3.36. The van der Waals surface area contributed by atoms with E-state index in [4.69, 9.17) is 14.7 Å². The van der Waals surface area contributed by atoms with Gasteiger partial charge in [0.1, 0.15) is 28.6 Å². The van der Waals surface area contributed by atoms with Crippen molar-refractivity contribution in [3.63, 3.8) is 0 Å². The molecule has 5 rings (SSSR count). The number of piperidine rings is 1. The van der Waals surface area contributed by atoms with Gasteiger partial charge in [0.15, 0.2) is 5.82 Å². The van der Waals surface area contributed by atoms with Gasteiger partial charge in [-0.1, -0.05) is 25.8 Å². The molecule has 210 valence electrons. The summed E-state index contributed by atoms with van der Waals surface area (Å²) in [5.74, 6) is 3.10. The van der Waals surface area contributed by atoms with Gasteiger partial charge in [-0.05, 0) is 70.9 Å². The van der Waals surface area contributed by atoms with Gasteiger partial charge in [-0.15, -0.1) is 0 Å². The number of hydrogen-bond acceptors (Lipinski definition) is 7. The van der Waals surface area contributed by atoms with Crippen LogP contribution in [0.15, 0.2) is 30.6 Å². The molecule has 3 aromatic rings. The van der Waals surface area contributed by atoms with Crippen LogP contribution in [0, 0.1) is 12.8 Å². The highest BCUT2D eigenvalue weighted by Gasteiger charge is 2.28. The number of amides is 1. The number of hydrogen-bond donors (Lipinski definition) is 1. The third-order valence-corrected chi connectivity index (χ3v) is 7.61. The zero-order valence-corrected chi connectivity index (χ0v) is 24.1. The highest BCUT2D eigenvalue weighted by Crippen LogP contribution is 2.28. The van der Waals surface area contributed by atoms with Crippen molar-refractivity contribution < 1.29 is 9.53 Å². The summed E-state index contributed by atoms with van der Waals surface area (Å²) in [5, 5.41) is 3.65. The lowest BCUT2D eigenvalue weighted by atomic mass is 9.98. The molecule has 1 unspecified atom stereocenters. The van der Waals surface area contributed by atoms with Crippen molar-refractivity contribution in [2.24, 2.45) is 5.92 Å². The van der Waals surface area contributed by atoms with Crippen LogP contribution in [-0.4, -0.2) is 68.2 Å². The van der Waals surface area contributed by atoms with Crippen molar-refractivity contribution in [3.05, 3.63) is 36.2 Å². The summed E-state index contributed by atoms with van der Waals surface area (Å²) in [4.78, 5) is 31.7. The van der Waals surface area contributed by atoms with E-state index in [-0.39, 0.29) is 12.1 Å². The summed E-state index contributed by atoms with van der Waals surface area (Å²) in [7, 11) is 0. The van der Waals surface area contributed by atoms with E-state index in [9.17, 15) is 4.79 Å². The van der Waals surface area contributed by atoms with Crippen LogP contribution >= 0.6 is 0 Å². The molecule has 5 heterocycles. The first-order valence-electron chi connectivity index (χ1n) is 14.5. The first kappa shape index (κ1) is 27.2. The van der Waals surface area contributed by atoms with Crippen molar-refractivity contribution >= 4 is 23.4 Å². The average molecular weight is 534 g/mol. The van der Waals surface area contributed by atoms with Crippen LogP contribution in [-0.2, 0) is 4.74 Å². The highest BCUT2D eigenvalue weighted by molar-refractivity contribution is 5.68. The summed E-state index contributed by atoms with van der Waals surface area (Å²) in [6.45, 7) is 13.4. The van der Waals surface area contributed by atoms with Crippen LogP contribution in [0.25, 0.3) is 17.2 Å². The second-order valence-corrected chi connectivity index (χ2v) is 12.3. The number of nitrogens with zero attached hydrogens (tertiary/aromatic N) is 6. The second-order valence-electron chi connectivity index (χ2n) is 12.3. The Bertz CT molecular complexity index is 1300. The van der Waals surface area contributed by atoms with Gasteiger partial charge in [0, 0.05) is 44.5 Å². The Kier molecular flexibility index (Phi) is 7.96. The van der Waals surface area contributed by atoms with Crippen molar-refractivity contribution in [3.8, 4) is 11.5 Å². The third kappa shape index (κ3) is 6.81. The Morgan fingerprint density at radius 1 is 1.05 bits per heavy atom. The van der Waals surface area contributed by atoms with E-state index in [0.29, 0.717) is 18.9 Å². The van der Waals surface area contributed by atoms with Crippen LogP contribution in [0.1, 0.15) is 71.8 Å². The summed E-state index contributed by atoms with van der Waals surface area (Å²) >= 11 is 0. The fourth-order valence-electron chi connectivity index (χ4n) is 5.49. The van der Waals surface area contributed by atoms with Gasteiger partial charge >= 0.3 is 6.09 Å². The van der Waals surface area contributed by atoms with Crippen LogP contribution in [0.5, 0.6) is 0 Å². The van der Waals surface area contributed by atoms with E-state index in [1.165, 1.54) is 12.8 Å². The molecule has 2 aliphatic heterocycles. The third-order valence-electron chi connectivity index (χ3n) is 7.61. The van der Waals surface area contributed by atoms with Gasteiger partial charge < -0.3 is 19.9 Å². The SMILES string of the molecule is Cc1ccc2ncc(-c3nc(N[C@@H]4CCCN(C(=O)OC(C)(C)C)C4)cc(N4CCCCC(C)CC4)n3)n2c1. The summed E-state index contributed by atoms with van der Waals surface area (Å²) < 4.78 is 7.71. The molecule has 9 heteroatoms. The van der Waals surface area contributed by atoms with Crippen molar-refractivity contribution in [1.82, 2.24) is 24.3 Å². The van der Waals surface area contributed by atoms with E-state index >= 15 is 0 Å². The molecule has 0 aromatic carbocycles. The maximum atomic E-state index is 12.8. The number of imidazole rings is 1. The fourth-order valence-corrected chi connectivity index (χ4v) is 5.49. The van der Waals surface area contributed by atoms with Gasteiger partial charge in [0.05, 0.1) is 6.20 Å². The van der Waals surface area contributed by atoms with Crippen LogP contribution in [0.2, 0.25) is 0 Å². The standard InChI is InChI=1S/C30H43N7O2/c1-21-9-6-7-14-35(16-13-21)27-17-25(32-23-10-8-15-36(20-23)29(38)39-30(3,4)5)33-28(34-27)24-18-31-26-12-11-22(2)19-37(24)26/h11-12,17-19,21,23H,6-10,13-16,20H2,1-5H3,(H,32,33,34)/t21?,23-/m1/s1. The Balaban J connectivity index is 1.45. The summed E-state index contributed by atoms with van der Waals surface area (Å²) in [6.07, 6.45) is 10.4. The Labute approximate surface area is 232 Å². The van der Waals surface area contributed by atoms with E-state index in [1.807, 2.05) is 37.9 Å². The number of aryl methyl sites for hydroxylation is 1. The van der Waals surface area contributed by atoms with Gasteiger partial charge in [0.25, 0.3) is 0 Å². The molecule has 0 saturated carbocycles. The lowest BCUT2D eigenvalue weighted by molar-refractivity contribution is 0.0206. The van der Waals surface area contributed by atoms with E-state index in [1.54, 1.807) is 0 Å². The van der Waals surface area contributed by atoms with Crippen molar-refractivity contribution in [2.75, 3.05) is 36.4 Å². The van der Waals surface area contributed by atoms with Crippen LogP contribution in [0.4, 0.5) is 16.4 Å². The van der Waals surface area contributed by atoms with Gasteiger partial charge in [-0.3, -0.25) is 4.40 Å². The number of carbonyl (C=O) groups excluding carboxylic acids is 1. The first-order chi connectivity index (χ1) is 18.6. The number of aromatic nitrogens is 4.